The average Bonchev–Trinajstić information content (AvgIpc) is 2.67. The van der Waals surface area contributed by atoms with E-state index in [1.807, 2.05) is 6.92 Å². The zero-order valence-electron chi connectivity index (χ0n) is 14.9. The first-order valence-corrected chi connectivity index (χ1v) is 8.60. The molecule has 3 rings (SSSR count). The molecular formula is C21H20N2O4. The third kappa shape index (κ3) is 4.55. The standard InChI is InChI=1S/C21H20N2O4/c1-2-11-26-16-4-6-17(7-5-16)27-19-8-3-14(12-18(19)21(22)25)15-9-10-23-20(24)13-15/h3-10,12-13H,2,11H2,1H3,(H2,22,25)(H,23,24). The summed E-state index contributed by atoms with van der Waals surface area (Å²) in [6, 6.07) is 15.4. The van der Waals surface area contributed by atoms with Gasteiger partial charge in [0, 0.05) is 12.3 Å². The Hall–Kier alpha value is -3.54. The fraction of sp³-hybridized carbons (Fsp3) is 0.143. The SMILES string of the molecule is CCCOc1ccc(Oc2ccc(-c3cc[nH]c(=O)c3)cc2C(N)=O)cc1. The molecule has 0 saturated carbocycles. The lowest BCUT2D eigenvalue weighted by Crippen LogP contribution is -2.12. The normalized spacial score (nSPS) is 10.4. The summed E-state index contributed by atoms with van der Waals surface area (Å²) in [6.45, 7) is 2.69. The number of hydrogen-bond acceptors (Lipinski definition) is 4. The molecule has 0 atom stereocenters. The number of aromatic amines is 1. The van der Waals surface area contributed by atoms with Gasteiger partial charge in [-0.05, 0) is 60.0 Å². The molecule has 0 saturated heterocycles. The molecule has 3 aromatic rings. The first kappa shape index (κ1) is 18.3. The molecule has 1 aromatic heterocycles. The fourth-order valence-electron chi connectivity index (χ4n) is 2.57. The Morgan fingerprint density at radius 1 is 1.00 bits per heavy atom. The first-order valence-electron chi connectivity index (χ1n) is 8.60. The molecule has 1 amide bonds. The van der Waals surface area contributed by atoms with Gasteiger partial charge in [0.2, 0.25) is 5.56 Å². The molecule has 27 heavy (non-hydrogen) atoms. The molecular weight excluding hydrogens is 344 g/mol. The summed E-state index contributed by atoms with van der Waals surface area (Å²) in [6.07, 6.45) is 2.48. The van der Waals surface area contributed by atoms with Gasteiger partial charge in [-0.2, -0.15) is 0 Å². The van der Waals surface area contributed by atoms with Gasteiger partial charge in [-0.3, -0.25) is 9.59 Å². The van der Waals surface area contributed by atoms with Crippen LogP contribution in [0.1, 0.15) is 23.7 Å². The predicted octanol–water partition coefficient (Wildman–Crippen LogP) is 3.72. The fourth-order valence-corrected chi connectivity index (χ4v) is 2.57. The van der Waals surface area contributed by atoms with E-state index >= 15 is 0 Å². The van der Waals surface area contributed by atoms with E-state index in [2.05, 4.69) is 4.98 Å². The van der Waals surface area contributed by atoms with Crippen LogP contribution in [-0.4, -0.2) is 17.5 Å². The number of ether oxygens (including phenoxy) is 2. The molecule has 0 radical (unpaired) electrons. The Balaban J connectivity index is 1.87. The molecule has 6 heteroatoms. The number of H-pyrrole nitrogens is 1. The summed E-state index contributed by atoms with van der Waals surface area (Å²) in [5.74, 6) is 1.05. The number of pyridine rings is 1. The van der Waals surface area contributed by atoms with Gasteiger partial charge in [0.05, 0.1) is 12.2 Å². The van der Waals surface area contributed by atoms with Crippen LogP contribution >= 0.6 is 0 Å². The highest BCUT2D eigenvalue weighted by atomic mass is 16.5. The van der Waals surface area contributed by atoms with Gasteiger partial charge in [0.25, 0.3) is 5.91 Å². The molecule has 3 N–H and O–H groups in total. The summed E-state index contributed by atoms with van der Waals surface area (Å²) in [4.78, 5) is 25.9. The Bertz CT molecular complexity index is 994. The summed E-state index contributed by atoms with van der Waals surface area (Å²) < 4.78 is 11.4. The predicted molar refractivity (Wildman–Crippen MR) is 103 cm³/mol. The van der Waals surface area contributed by atoms with Crippen LogP contribution < -0.4 is 20.8 Å². The van der Waals surface area contributed by atoms with Gasteiger partial charge in [-0.15, -0.1) is 0 Å². The van der Waals surface area contributed by atoms with Crippen LogP contribution in [0, 0.1) is 0 Å². The van der Waals surface area contributed by atoms with Crippen LogP contribution in [0.25, 0.3) is 11.1 Å². The number of hydrogen-bond donors (Lipinski definition) is 2. The lowest BCUT2D eigenvalue weighted by Gasteiger charge is -2.12. The number of aromatic nitrogens is 1. The molecule has 0 unspecified atom stereocenters. The Kier molecular flexibility index (Phi) is 5.56. The maximum absolute atomic E-state index is 11.9. The second-order valence-corrected chi connectivity index (χ2v) is 5.94. The second-order valence-electron chi connectivity index (χ2n) is 5.94. The summed E-state index contributed by atoms with van der Waals surface area (Å²) in [5, 5.41) is 0. The zero-order chi connectivity index (χ0) is 19.2. The first-order chi connectivity index (χ1) is 13.1. The maximum Gasteiger partial charge on any atom is 0.252 e. The minimum Gasteiger partial charge on any atom is -0.494 e. The number of rotatable bonds is 7. The topological polar surface area (TPSA) is 94.4 Å². The molecule has 138 valence electrons. The molecule has 0 aliphatic rings. The molecule has 0 aliphatic heterocycles. The lowest BCUT2D eigenvalue weighted by atomic mass is 10.0. The Morgan fingerprint density at radius 2 is 1.70 bits per heavy atom. The largest absolute Gasteiger partial charge is 0.494 e. The average molecular weight is 364 g/mol. The van der Waals surface area contributed by atoms with Gasteiger partial charge in [0.1, 0.15) is 17.2 Å². The quantitative estimate of drug-likeness (QED) is 0.668. The Morgan fingerprint density at radius 3 is 2.37 bits per heavy atom. The highest BCUT2D eigenvalue weighted by Gasteiger charge is 2.13. The Labute approximate surface area is 156 Å². The highest BCUT2D eigenvalue weighted by Crippen LogP contribution is 2.30. The minimum atomic E-state index is -0.611. The van der Waals surface area contributed by atoms with Crippen molar-refractivity contribution in [2.24, 2.45) is 5.73 Å². The van der Waals surface area contributed by atoms with Gasteiger partial charge in [-0.1, -0.05) is 13.0 Å². The van der Waals surface area contributed by atoms with E-state index in [4.69, 9.17) is 15.2 Å². The molecule has 0 aliphatic carbocycles. The molecule has 0 spiro atoms. The molecule has 1 heterocycles. The van der Waals surface area contributed by atoms with Crippen molar-refractivity contribution in [1.82, 2.24) is 4.98 Å². The maximum atomic E-state index is 11.9. The van der Waals surface area contributed by atoms with E-state index in [1.54, 1.807) is 54.7 Å². The number of primary amides is 1. The van der Waals surface area contributed by atoms with Gasteiger partial charge < -0.3 is 20.2 Å². The molecule has 0 fully saturated rings. The van der Waals surface area contributed by atoms with E-state index in [0.717, 1.165) is 12.2 Å². The lowest BCUT2D eigenvalue weighted by molar-refractivity contribution is 0.0998. The van der Waals surface area contributed by atoms with Crippen molar-refractivity contribution >= 4 is 5.91 Å². The smallest absolute Gasteiger partial charge is 0.252 e. The van der Waals surface area contributed by atoms with E-state index in [1.165, 1.54) is 6.07 Å². The zero-order valence-corrected chi connectivity index (χ0v) is 14.9. The summed E-state index contributed by atoms with van der Waals surface area (Å²) in [7, 11) is 0. The van der Waals surface area contributed by atoms with E-state index in [-0.39, 0.29) is 11.1 Å². The number of amides is 1. The van der Waals surface area contributed by atoms with Crippen LogP contribution in [0.4, 0.5) is 0 Å². The summed E-state index contributed by atoms with van der Waals surface area (Å²) in [5.41, 5.74) is 6.91. The highest BCUT2D eigenvalue weighted by molar-refractivity contribution is 5.97. The van der Waals surface area contributed by atoms with Crippen molar-refractivity contribution in [3.63, 3.8) is 0 Å². The monoisotopic (exact) mass is 364 g/mol. The van der Waals surface area contributed by atoms with Crippen LogP contribution in [0.2, 0.25) is 0 Å². The van der Waals surface area contributed by atoms with Crippen LogP contribution in [0.15, 0.2) is 65.6 Å². The van der Waals surface area contributed by atoms with Crippen molar-refractivity contribution < 1.29 is 14.3 Å². The minimum absolute atomic E-state index is 0.223. The molecule has 0 bridgehead atoms. The van der Waals surface area contributed by atoms with Crippen molar-refractivity contribution in [1.29, 1.82) is 0 Å². The summed E-state index contributed by atoms with van der Waals surface area (Å²) >= 11 is 0. The number of benzene rings is 2. The molecule has 6 nitrogen and oxygen atoms in total. The third-order valence-electron chi connectivity index (χ3n) is 3.88. The molecule has 2 aromatic carbocycles. The number of nitrogens with one attached hydrogen (secondary N) is 1. The van der Waals surface area contributed by atoms with E-state index in [9.17, 15) is 9.59 Å². The van der Waals surface area contributed by atoms with Crippen molar-refractivity contribution in [3.8, 4) is 28.4 Å². The second kappa shape index (κ2) is 8.23. The van der Waals surface area contributed by atoms with Crippen molar-refractivity contribution in [2.75, 3.05) is 6.61 Å². The van der Waals surface area contributed by atoms with Crippen LogP contribution in [0.5, 0.6) is 17.2 Å². The van der Waals surface area contributed by atoms with Crippen LogP contribution in [-0.2, 0) is 0 Å². The van der Waals surface area contributed by atoms with Gasteiger partial charge in [0.15, 0.2) is 0 Å². The van der Waals surface area contributed by atoms with Gasteiger partial charge in [-0.25, -0.2) is 0 Å². The third-order valence-corrected chi connectivity index (χ3v) is 3.88. The van der Waals surface area contributed by atoms with Crippen molar-refractivity contribution in [3.05, 3.63) is 76.7 Å². The van der Waals surface area contributed by atoms with Gasteiger partial charge >= 0.3 is 0 Å². The van der Waals surface area contributed by atoms with Crippen LogP contribution in [0.3, 0.4) is 0 Å². The van der Waals surface area contributed by atoms with E-state index < -0.39 is 5.91 Å². The number of carbonyl (C=O) groups is 1. The number of carbonyl (C=O) groups excluding carboxylic acids is 1. The number of nitrogens with two attached hydrogens (primary N) is 1. The van der Waals surface area contributed by atoms with Crippen molar-refractivity contribution in [2.45, 2.75) is 13.3 Å². The van der Waals surface area contributed by atoms with E-state index in [0.29, 0.717) is 29.2 Å².